The molecule has 0 aromatic heterocycles. The number of halogens is 2. The second-order valence-electron chi connectivity index (χ2n) is 2.67. The number of nitrogens with one attached hydrogen (secondary N) is 2. The van der Waals surface area contributed by atoms with Gasteiger partial charge in [-0.3, -0.25) is 0 Å². The quantitative estimate of drug-likeness (QED) is 0.346. The molecule has 0 heterocycles. The second kappa shape index (κ2) is 4.89. The zero-order chi connectivity index (χ0) is 10.7. The maximum Gasteiger partial charge on any atom is 0.175 e. The molecular formula is C8H9FIN2OP. The van der Waals surface area contributed by atoms with Crippen LogP contribution in [0.5, 0.6) is 5.75 Å². The zero-order valence-electron chi connectivity index (χ0n) is 7.36. The Bertz CT molecular complexity index is 373. The van der Waals surface area contributed by atoms with Gasteiger partial charge in [0.2, 0.25) is 0 Å². The van der Waals surface area contributed by atoms with Gasteiger partial charge >= 0.3 is 0 Å². The van der Waals surface area contributed by atoms with Crippen molar-refractivity contribution in [1.82, 2.24) is 0 Å². The fraction of sp³-hybridized carbons (Fsp3) is 0.125. The molecule has 0 saturated heterocycles. The fourth-order valence-electron chi connectivity index (χ4n) is 1.09. The van der Waals surface area contributed by atoms with Crippen LogP contribution in [0.3, 0.4) is 0 Å². The maximum absolute atomic E-state index is 13.4. The number of phenols is 1. The summed E-state index contributed by atoms with van der Waals surface area (Å²) >= 11 is 2.11. The molecule has 0 bridgehead atoms. The molecule has 3 nitrogen and oxygen atoms in total. The highest BCUT2D eigenvalue weighted by Gasteiger charge is 2.14. The summed E-state index contributed by atoms with van der Waals surface area (Å²) in [4.78, 5) is 0. The minimum absolute atomic E-state index is 0.0931. The maximum atomic E-state index is 13.4. The van der Waals surface area contributed by atoms with Gasteiger partial charge in [-0.25, -0.2) is 4.39 Å². The van der Waals surface area contributed by atoms with Gasteiger partial charge in [0.1, 0.15) is 0 Å². The lowest BCUT2D eigenvalue weighted by molar-refractivity contribution is 0.432. The predicted molar refractivity (Wildman–Crippen MR) is 66.5 cm³/mol. The molecule has 1 aromatic rings. The third-order valence-electron chi connectivity index (χ3n) is 1.68. The van der Waals surface area contributed by atoms with Crippen molar-refractivity contribution in [2.75, 3.05) is 5.09 Å². The van der Waals surface area contributed by atoms with Gasteiger partial charge < -0.3 is 15.6 Å². The van der Waals surface area contributed by atoms with Gasteiger partial charge in [0.15, 0.2) is 11.6 Å². The molecule has 14 heavy (non-hydrogen) atoms. The average molecular weight is 326 g/mol. The Balaban J connectivity index is 3.30. The van der Waals surface area contributed by atoms with Gasteiger partial charge in [-0.1, -0.05) is 0 Å². The highest BCUT2D eigenvalue weighted by Crippen LogP contribution is 2.31. The lowest BCUT2D eigenvalue weighted by Gasteiger charge is -2.10. The Kier molecular flexibility index (Phi) is 4.07. The second-order valence-corrected chi connectivity index (χ2v) is 4.72. The lowest BCUT2D eigenvalue weighted by Crippen LogP contribution is -2.01. The molecule has 1 rings (SSSR count). The van der Waals surface area contributed by atoms with Crippen molar-refractivity contribution in [3.63, 3.8) is 0 Å². The molecule has 6 heteroatoms. The monoisotopic (exact) mass is 326 g/mol. The number of rotatable bonds is 3. The van der Waals surface area contributed by atoms with Crippen LogP contribution in [0.15, 0.2) is 12.1 Å². The molecule has 0 aliphatic carbocycles. The van der Waals surface area contributed by atoms with Gasteiger partial charge in [-0.15, -0.1) is 0 Å². The first-order chi connectivity index (χ1) is 6.57. The van der Waals surface area contributed by atoms with Crippen LogP contribution in [-0.2, 0) is 0 Å². The van der Waals surface area contributed by atoms with E-state index in [0.717, 1.165) is 0 Å². The highest BCUT2D eigenvalue weighted by molar-refractivity contribution is 14.2. The number of benzene rings is 1. The van der Waals surface area contributed by atoms with E-state index in [0.29, 0.717) is 12.1 Å². The molecule has 0 amide bonds. The average Bonchev–Trinajstić information content (AvgIpc) is 2.11. The van der Waals surface area contributed by atoms with Crippen LogP contribution in [0.4, 0.5) is 10.1 Å². The van der Waals surface area contributed by atoms with E-state index in [1.54, 1.807) is 6.07 Å². The molecule has 0 aliphatic heterocycles. The number of hydrogen-bond acceptors (Lipinski definition) is 3. The van der Waals surface area contributed by atoms with Crippen LogP contribution in [0.2, 0.25) is 0 Å². The van der Waals surface area contributed by atoms with Crippen molar-refractivity contribution in [1.29, 1.82) is 5.41 Å². The van der Waals surface area contributed by atoms with E-state index in [1.807, 2.05) is 0 Å². The predicted octanol–water partition coefficient (Wildman–Crippen LogP) is 3.27. The fourth-order valence-corrected chi connectivity index (χ4v) is 2.27. The summed E-state index contributed by atoms with van der Waals surface area (Å²) in [5.41, 5.74) is 0.769. The Hall–Kier alpha value is -0.420. The molecule has 0 radical (unpaired) electrons. The van der Waals surface area contributed by atoms with E-state index in [4.69, 9.17) is 10.5 Å². The lowest BCUT2D eigenvalue weighted by atomic mass is 10.1. The summed E-state index contributed by atoms with van der Waals surface area (Å²) in [5, 5.41) is 19.5. The van der Waals surface area contributed by atoms with E-state index in [-0.39, 0.29) is 11.3 Å². The minimum atomic E-state index is -0.739. The van der Waals surface area contributed by atoms with E-state index in [9.17, 15) is 4.39 Å². The Labute approximate surface area is 95.9 Å². The molecule has 1 atom stereocenters. The van der Waals surface area contributed by atoms with E-state index in [2.05, 4.69) is 27.1 Å². The van der Waals surface area contributed by atoms with Gasteiger partial charge in [0.05, 0.1) is 5.56 Å². The van der Waals surface area contributed by atoms with E-state index in [1.165, 1.54) is 13.0 Å². The SMILES string of the molecule is CC(=N)c1c(NPI)ccc(O)c1F. The summed E-state index contributed by atoms with van der Waals surface area (Å²) in [6.45, 7) is 1.49. The van der Waals surface area contributed by atoms with Crippen molar-refractivity contribution in [2.24, 2.45) is 0 Å². The summed E-state index contributed by atoms with van der Waals surface area (Å²) in [7, 11) is 0. The normalized spacial score (nSPS) is 10.8. The first-order valence-electron chi connectivity index (χ1n) is 3.76. The van der Waals surface area contributed by atoms with Crippen LogP contribution in [0.1, 0.15) is 12.5 Å². The highest BCUT2D eigenvalue weighted by atomic mass is 127. The van der Waals surface area contributed by atoms with Gasteiger partial charge in [-0.2, -0.15) is 0 Å². The Morgan fingerprint density at radius 3 is 2.79 bits per heavy atom. The molecular weight excluding hydrogens is 317 g/mol. The smallest absolute Gasteiger partial charge is 0.175 e. The van der Waals surface area contributed by atoms with Crippen LogP contribution >= 0.6 is 28.4 Å². The standard InChI is InChI=1S/C8H9FIN2OP/c1-4(11)7-5(12-14-10)2-3-6(13)8(7)9/h2-3,11-14H,1H3. The number of phenolic OH excluding ortho intramolecular Hbond substituents is 1. The molecule has 1 unspecified atom stereocenters. The first kappa shape index (κ1) is 11.7. The van der Waals surface area contributed by atoms with Crippen LogP contribution < -0.4 is 5.09 Å². The number of anilines is 1. The zero-order valence-corrected chi connectivity index (χ0v) is 10.5. The van der Waals surface area contributed by atoms with E-state index >= 15 is 0 Å². The van der Waals surface area contributed by atoms with Crippen LogP contribution in [-0.4, -0.2) is 10.8 Å². The van der Waals surface area contributed by atoms with Crippen molar-refractivity contribution in [2.45, 2.75) is 6.92 Å². The Morgan fingerprint density at radius 2 is 2.29 bits per heavy atom. The molecule has 0 spiro atoms. The molecule has 0 saturated carbocycles. The first-order valence-corrected chi connectivity index (χ1v) is 7.88. The number of aromatic hydroxyl groups is 1. The summed E-state index contributed by atoms with van der Waals surface area (Å²) in [6.07, 6.45) is 0.393. The van der Waals surface area contributed by atoms with E-state index < -0.39 is 11.6 Å². The van der Waals surface area contributed by atoms with Crippen molar-refractivity contribution in [3.05, 3.63) is 23.5 Å². The van der Waals surface area contributed by atoms with Crippen LogP contribution in [0, 0.1) is 11.2 Å². The summed E-state index contributed by atoms with van der Waals surface area (Å²) in [5.74, 6) is -1.16. The summed E-state index contributed by atoms with van der Waals surface area (Å²) in [6, 6.07) is 2.85. The van der Waals surface area contributed by atoms with Gasteiger partial charge in [0.25, 0.3) is 0 Å². The van der Waals surface area contributed by atoms with Gasteiger partial charge in [0, 0.05) is 17.8 Å². The largest absolute Gasteiger partial charge is 0.505 e. The van der Waals surface area contributed by atoms with Crippen molar-refractivity contribution >= 4 is 39.8 Å². The molecule has 0 fully saturated rings. The molecule has 1 aromatic carbocycles. The molecule has 0 aliphatic rings. The molecule has 76 valence electrons. The van der Waals surface area contributed by atoms with Crippen LogP contribution in [0.25, 0.3) is 0 Å². The summed E-state index contributed by atoms with van der Waals surface area (Å²) < 4.78 is 13.4. The third-order valence-corrected chi connectivity index (χ3v) is 2.85. The molecule has 3 N–H and O–H groups in total. The van der Waals surface area contributed by atoms with Crippen molar-refractivity contribution < 1.29 is 9.50 Å². The van der Waals surface area contributed by atoms with Gasteiger partial charge in [-0.05, 0) is 41.1 Å². The van der Waals surface area contributed by atoms with Crippen molar-refractivity contribution in [3.8, 4) is 5.75 Å². The number of hydrogen-bond donors (Lipinski definition) is 3. The Morgan fingerprint density at radius 1 is 1.64 bits per heavy atom. The topological polar surface area (TPSA) is 56.1 Å². The third kappa shape index (κ3) is 2.33. The minimum Gasteiger partial charge on any atom is -0.505 e.